The number of anilines is 1. The van der Waals surface area contributed by atoms with Crippen molar-refractivity contribution in [3.63, 3.8) is 0 Å². The number of benzene rings is 1. The second-order valence-electron chi connectivity index (χ2n) is 4.35. The van der Waals surface area contributed by atoms with Crippen LogP contribution < -0.4 is 10.0 Å². The Kier molecular flexibility index (Phi) is 6.31. The lowest BCUT2D eigenvalue weighted by atomic mass is 10.1. The van der Waals surface area contributed by atoms with E-state index in [0.29, 0.717) is 11.3 Å². The van der Waals surface area contributed by atoms with Crippen molar-refractivity contribution in [2.45, 2.75) is 19.0 Å². The van der Waals surface area contributed by atoms with Crippen LogP contribution in [-0.2, 0) is 0 Å². The van der Waals surface area contributed by atoms with Crippen LogP contribution in [0.25, 0.3) is 0 Å². The van der Waals surface area contributed by atoms with Crippen LogP contribution in [0, 0.1) is 11.3 Å². The van der Waals surface area contributed by atoms with Crippen molar-refractivity contribution in [1.82, 2.24) is 5.32 Å². The lowest BCUT2D eigenvalue weighted by Gasteiger charge is -2.13. The topological polar surface area (TPSA) is 64.9 Å². The van der Waals surface area contributed by atoms with Crippen molar-refractivity contribution in [3.8, 4) is 6.07 Å². The zero-order valence-corrected chi connectivity index (χ0v) is 12.6. The molecule has 8 heteroatoms. The molecule has 1 amide bonds. The smallest absolute Gasteiger partial charge is 0.329 e. The molecule has 1 aromatic rings. The molecule has 0 aliphatic heterocycles. The third-order valence-electron chi connectivity index (χ3n) is 2.61. The van der Waals surface area contributed by atoms with Gasteiger partial charge >= 0.3 is 6.18 Å². The Labute approximate surface area is 130 Å². The fourth-order valence-corrected chi connectivity index (χ4v) is 1.98. The Bertz CT molecular complexity index is 608. The van der Waals surface area contributed by atoms with Crippen LogP contribution in [0.2, 0.25) is 0 Å². The van der Waals surface area contributed by atoms with Gasteiger partial charge in [0.25, 0.3) is 5.91 Å². The van der Waals surface area contributed by atoms with E-state index in [-0.39, 0.29) is 17.7 Å². The molecule has 0 saturated heterocycles. The molecule has 0 radical (unpaired) electrons. The molecular formula is C14H14F3N3OS. The number of halogens is 3. The zero-order valence-electron chi connectivity index (χ0n) is 11.8. The fraction of sp³-hybridized carbons (Fsp3) is 0.286. The van der Waals surface area contributed by atoms with Crippen molar-refractivity contribution in [2.24, 2.45) is 0 Å². The summed E-state index contributed by atoms with van der Waals surface area (Å²) < 4.78 is 39.2. The molecule has 0 aliphatic carbocycles. The number of nitrogens with zero attached hydrogens (tertiary/aromatic N) is 1. The minimum Gasteiger partial charge on any atom is -0.329 e. The number of allylic oxidation sites excluding steroid dienone is 1. The Hall–Kier alpha value is -2.14. The molecule has 0 spiro atoms. The molecule has 4 nitrogen and oxygen atoms in total. The Morgan fingerprint density at radius 3 is 2.68 bits per heavy atom. The summed E-state index contributed by atoms with van der Waals surface area (Å²) in [7, 11) is 0. The van der Waals surface area contributed by atoms with Crippen LogP contribution in [0.5, 0.6) is 0 Å². The molecule has 0 bridgehead atoms. The summed E-state index contributed by atoms with van der Waals surface area (Å²) in [6.45, 7) is 3.42. The molecule has 0 aliphatic rings. The second-order valence-corrected chi connectivity index (χ2v) is 4.96. The normalized spacial score (nSPS) is 10.7. The molecule has 0 aromatic heterocycles. The van der Waals surface area contributed by atoms with Gasteiger partial charge in [-0.05, 0) is 24.6 Å². The van der Waals surface area contributed by atoms with Crippen molar-refractivity contribution in [1.29, 1.82) is 5.26 Å². The van der Waals surface area contributed by atoms with Gasteiger partial charge in [-0.25, -0.2) is 0 Å². The van der Waals surface area contributed by atoms with E-state index in [0.717, 1.165) is 0 Å². The number of alkyl halides is 3. The molecule has 0 unspecified atom stereocenters. The fourth-order valence-electron chi connectivity index (χ4n) is 1.59. The summed E-state index contributed by atoms with van der Waals surface area (Å²) in [5, 5.41) is 11.2. The molecule has 1 aromatic carbocycles. The minimum absolute atomic E-state index is 0.0122. The maximum Gasteiger partial charge on any atom is 0.389 e. The average Bonchev–Trinajstić information content (AvgIpc) is 2.44. The van der Waals surface area contributed by atoms with Crippen molar-refractivity contribution < 1.29 is 18.0 Å². The van der Waals surface area contributed by atoms with Crippen LogP contribution in [0.3, 0.4) is 0 Å². The Morgan fingerprint density at radius 2 is 2.14 bits per heavy atom. The van der Waals surface area contributed by atoms with E-state index in [1.807, 2.05) is 6.07 Å². The number of hydrogen-bond acceptors (Lipinski definition) is 4. The molecule has 0 saturated carbocycles. The number of hydrogen-bond donors (Lipinski definition) is 2. The summed E-state index contributed by atoms with van der Waals surface area (Å²) in [5.74, 6) is -0.576. The lowest BCUT2D eigenvalue weighted by molar-refractivity contribution is -0.134. The minimum atomic E-state index is -4.30. The summed E-state index contributed by atoms with van der Waals surface area (Å²) >= 11 is 1.23. The first kappa shape index (κ1) is 17.9. The largest absolute Gasteiger partial charge is 0.389 e. The molecule has 118 valence electrons. The first-order valence-electron chi connectivity index (χ1n) is 6.16. The van der Waals surface area contributed by atoms with Gasteiger partial charge < -0.3 is 10.0 Å². The van der Waals surface area contributed by atoms with E-state index in [9.17, 15) is 18.0 Å². The van der Waals surface area contributed by atoms with Crippen LogP contribution in [0.1, 0.15) is 28.8 Å². The molecule has 0 fully saturated rings. The van der Waals surface area contributed by atoms with E-state index in [2.05, 4.69) is 16.6 Å². The third kappa shape index (κ3) is 5.69. The molecule has 22 heavy (non-hydrogen) atoms. The predicted molar refractivity (Wildman–Crippen MR) is 80.2 cm³/mol. The molecule has 1 rings (SSSR count). The van der Waals surface area contributed by atoms with Gasteiger partial charge in [-0.1, -0.05) is 18.5 Å². The SMILES string of the molecule is C=C(CCC(F)(F)F)NC(=O)c1ccc(C#N)cc1NSC. The quantitative estimate of drug-likeness (QED) is 0.779. The van der Waals surface area contributed by atoms with Crippen LogP contribution in [-0.4, -0.2) is 18.3 Å². The van der Waals surface area contributed by atoms with E-state index in [1.54, 1.807) is 6.26 Å². The number of amides is 1. The van der Waals surface area contributed by atoms with Gasteiger partial charge in [0, 0.05) is 18.4 Å². The summed E-state index contributed by atoms with van der Waals surface area (Å²) in [5.41, 5.74) is 0.986. The number of nitriles is 1. The average molecular weight is 329 g/mol. The van der Waals surface area contributed by atoms with Gasteiger partial charge in [-0.2, -0.15) is 18.4 Å². The van der Waals surface area contributed by atoms with E-state index >= 15 is 0 Å². The van der Waals surface area contributed by atoms with Gasteiger partial charge in [0.1, 0.15) is 0 Å². The standard InChI is InChI=1S/C14H14F3N3OS/c1-9(5-6-14(15,16)17)19-13(21)11-4-3-10(8-18)7-12(11)20-22-2/h3-4,7,20H,1,5-6H2,2H3,(H,19,21). The van der Waals surface area contributed by atoms with Crippen LogP contribution in [0.4, 0.5) is 18.9 Å². The van der Waals surface area contributed by atoms with Crippen molar-refractivity contribution in [3.05, 3.63) is 41.6 Å². The zero-order chi connectivity index (χ0) is 16.8. The third-order valence-corrected chi connectivity index (χ3v) is 3.03. The predicted octanol–water partition coefficient (Wildman–Crippen LogP) is 3.83. The first-order valence-corrected chi connectivity index (χ1v) is 7.38. The van der Waals surface area contributed by atoms with Crippen LogP contribution in [0.15, 0.2) is 30.5 Å². The molecule has 0 atom stereocenters. The molecular weight excluding hydrogens is 315 g/mol. The highest BCUT2D eigenvalue weighted by Crippen LogP contribution is 2.24. The van der Waals surface area contributed by atoms with Gasteiger partial charge in [-0.3, -0.25) is 4.79 Å². The maximum absolute atomic E-state index is 12.1. The van der Waals surface area contributed by atoms with Gasteiger partial charge in [-0.15, -0.1) is 0 Å². The van der Waals surface area contributed by atoms with E-state index in [4.69, 9.17) is 5.26 Å². The maximum atomic E-state index is 12.1. The summed E-state index contributed by atoms with van der Waals surface area (Å²) in [6.07, 6.45) is -3.98. The number of carbonyl (C=O) groups excluding carboxylic acids is 1. The highest BCUT2D eigenvalue weighted by Gasteiger charge is 2.27. The number of nitrogens with one attached hydrogen (secondary N) is 2. The van der Waals surface area contributed by atoms with Gasteiger partial charge in [0.05, 0.1) is 22.9 Å². The summed E-state index contributed by atoms with van der Waals surface area (Å²) in [6, 6.07) is 6.33. The van der Waals surface area contributed by atoms with Crippen molar-refractivity contribution >= 4 is 23.5 Å². The monoisotopic (exact) mass is 329 g/mol. The Balaban J connectivity index is 2.81. The van der Waals surface area contributed by atoms with E-state index < -0.39 is 18.5 Å². The van der Waals surface area contributed by atoms with Crippen LogP contribution >= 0.6 is 11.9 Å². The highest BCUT2D eigenvalue weighted by atomic mass is 32.2. The van der Waals surface area contributed by atoms with E-state index in [1.165, 1.54) is 30.1 Å². The molecule has 2 N–H and O–H groups in total. The van der Waals surface area contributed by atoms with Crippen molar-refractivity contribution in [2.75, 3.05) is 11.0 Å². The molecule has 0 heterocycles. The number of rotatable bonds is 6. The van der Waals surface area contributed by atoms with Gasteiger partial charge in [0.2, 0.25) is 0 Å². The summed E-state index contributed by atoms with van der Waals surface area (Å²) in [4.78, 5) is 12.1. The van der Waals surface area contributed by atoms with Gasteiger partial charge in [0.15, 0.2) is 0 Å². The highest BCUT2D eigenvalue weighted by molar-refractivity contribution is 7.99. The Morgan fingerprint density at radius 1 is 1.45 bits per heavy atom. The second kappa shape index (κ2) is 7.75. The first-order chi connectivity index (χ1) is 10.3. The number of carbonyl (C=O) groups is 1. The lowest BCUT2D eigenvalue weighted by Crippen LogP contribution is -2.24.